The van der Waals surface area contributed by atoms with E-state index in [1.165, 1.54) is 0 Å². The summed E-state index contributed by atoms with van der Waals surface area (Å²) in [5, 5.41) is 5.51. The summed E-state index contributed by atoms with van der Waals surface area (Å²) < 4.78 is 39.4. The van der Waals surface area contributed by atoms with Gasteiger partial charge in [0.2, 0.25) is 15.9 Å². The molecule has 0 radical (unpaired) electrons. The maximum Gasteiger partial charge on any atom is 0.251 e. The topological polar surface area (TPSA) is 104 Å². The maximum atomic E-state index is 12.9. The predicted molar refractivity (Wildman–Crippen MR) is 102 cm³/mol. The van der Waals surface area contributed by atoms with Gasteiger partial charge in [0.15, 0.2) is 0 Å². The van der Waals surface area contributed by atoms with Gasteiger partial charge in [0, 0.05) is 30.3 Å². The third kappa shape index (κ3) is 5.61. The second-order valence-electron chi connectivity index (χ2n) is 6.48. The van der Waals surface area contributed by atoms with Crippen LogP contribution in [-0.4, -0.2) is 32.8 Å². The van der Waals surface area contributed by atoms with Crippen molar-refractivity contribution in [1.29, 1.82) is 0 Å². The summed E-state index contributed by atoms with van der Waals surface area (Å²) in [5.74, 6) is -1.13. The van der Waals surface area contributed by atoms with Gasteiger partial charge in [-0.05, 0) is 55.3 Å². The van der Waals surface area contributed by atoms with Crippen molar-refractivity contribution < 1.29 is 22.4 Å². The molecule has 3 N–H and O–H groups in total. The number of anilines is 1. The van der Waals surface area contributed by atoms with Gasteiger partial charge in [0.1, 0.15) is 5.82 Å². The lowest BCUT2D eigenvalue weighted by Gasteiger charge is -2.09. The van der Waals surface area contributed by atoms with Crippen LogP contribution in [0.2, 0.25) is 0 Å². The van der Waals surface area contributed by atoms with Crippen LogP contribution >= 0.6 is 0 Å². The van der Waals surface area contributed by atoms with E-state index in [1.54, 1.807) is 24.3 Å². The number of sulfonamides is 1. The van der Waals surface area contributed by atoms with E-state index < -0.39 is 21.7 Å². The Bertz CT molecular complexity index is 973. The van der Waals surface area contributed by atoms with Crippen LogP contribution in [0.3, 0.4) is 0 Å². The van der Waals surface area contributed by atoms with Gasteiger partial charge in [-0.2, -0.15) is 0 Å². The smallest absolute Gasteiger partial charge is 0.251 e. The van der Waals surface area contributed by atoms with Crippen molar-refractivity contribution in [3.8, 4) is 0 Å². The normalized spacial score (nSPS) is 13.8. The highest BCUT2D eigenvalue weighted by Gasteiger charge is 2.23. The molecule has 0 atom stereocenters. The minimum absolute atomic E-state index is 0.0799. The average Bonchev–Trinajstić information content (AvgIpc) is 3.46. The first-order chi connectivity index (χ1) is 13.3. The lowest BCUT2D eigenvalue weighted by Crippen LogP contribution is -2.28. The molecule has 28 heavy (non-hydrogen) atoms. The van der Waals surface area contributed by atoms with E-state index in [0.29, 0.717) is 11.3 Å². The Kier molecular flexibility index (Phi) is 6.05. The van der Waals surface area contributed by atoms with Crippen LogP contribution in [0.4, 0.5) is 10.1 Å². The van der Waals surface area contributed by atoms with Crippen molar-refractivity contribution in [3.63, 3.8) is 0 Å². The van der Waals surface area contributed by atoms with E-state index in [4.69, 9.17) is 0 Å². The van der Waals surface area contributed by atoms with Gasteiger partial charge in [0.05, 0.1) is 4.90 Å². The van der Waals surface area contributed by atoms with E-state index in [-0.39, 0.29) is 29.8 Å². The molecule has 1 fully saturated rings. The number of carbonyl (C=O) groups is 2. The Hall–Kier alpha value is -2.78. The molecule has 0 saturated heterocycles. The second-order valence-corrected chi connectivity index (χ2v) is 8.25. The zero-order valence-corrected chi connectivity index (χ0v) is 15.8. The molecule has 0 unspecified atom stereocenters. The molecule has 1 saturated carbocycles. The van der Waals surface area contributed by atoms with Crippen molar-refractivity contribution in [2.45, 2.75) is 30.2 Å². The third-order valence-corrected chi connectivity index (χ3v) is 5.57. The fraction of sp³-hybridized carbons (Fsp3) is 0.263. The Balaban J connectivity index is 1.50. The first kappa shape index (κ1) is 20.0. The Morgan fingerprint density at radius 2 is 1.79 bits per heavy atom. The van der Waals surface area contributed by atoms with Crippen molar-refractivity contribution >= 4 is 27.5 Å². The fourth-order valence-electron chi connectivity index (χ4n) is 2.45. The van der Waals surface area contributed by atoms with Gasteiger partial charge in [-0.3, -0.25) is 9.59 Å². The number of nitrogens with one attached hydrogen (secondary N) is 3. The maximum absolute atomic E-state index is 12.9. The van der Waals surface area contributed by atoms with Crippen LogP contribution in [0, 0.1) is 5.82 Å². The summed E-state index contributed by atoms with van der Waals surface area (Å²) in [6.45, 7) is -0.118. The minimum atomic E-state index is -3.82. The summed E-state index contributed by atoms with van der Waals surface area (Å²) in [6.07, 6.45) is 1.87. The van der Waals surface area contributed by atoms with Crippen molar-refractivity contribution in [1.82, 2.24) is 10.0 Å². The number of hydrogen-bond acceptors (Lipinski definition) is 4. The van der Waals surface area contributed by atoms with Crippen molar-refractivity contribution in [2.75, 3.05) is 11.9 Å². The molecule has 2 amide bonds. The molecule has 2 aromatic rings. The molecule has 3 rings (SSSR count). The van der Waals surface area contributed by atoms with Gasteiger partial charge in [-0.1, -0.05) is 6.07 Å². The van der Waals surface area contributed by atoms with Crippen molar-refractivity contribution in [3.05, 3.63) is 59.9 Å². The Morgan fingerprint density at radius 1 is 1.07 bits per heavy atom. The van der Waals surface area contributed by atoms with E-state index in [2.05, 4.69) is 15.4 Å². The molecule has 0 heterocycles. The average molecular weight is 405 g/mol. The second kappa shape index (κ2) is 8.49. The molecule has 9 heteroatoms. The quantitative estimate of drug-likeness (QED) is 0.625. The Morgan fingerprint density at radius 3 is 2.46 bits per heavy atom. The summed E-state index contributed by atoms with van der Waals surface area (Å²) in [4.78, 5) is 24.0. The molecule has 1 aliphatic rings. The highest BCUT2D eigenvalue weighted by Crippen LogP contribution is 2.20. The molecule has 148 valence electrons. The fourth-order valence-corrected chi connectivity index (χ4v) is 3.49. The summed E-state index contributed by atoms with van der Waals surface area (Å²) in [7, 11) is -3.82. The van der Waals surface area contributed by atoms with E-state index in [0.717, 1.165) is 37.1 Å². The summed E-state index contributed by atoms with van der Waals surface area (Å²) in [6, 6.07) is 11.2. The van der Waals surface area contributed by atoms with Crippen LogP contribution < -0.4 is 15.4 Å². The molecule has 2 aromatic carbocycles. The molecule has 7 nitrogen and oxygen atoms in total. The van der Waals surface area contributed by atoms with Crippen LogP contribution in [0.5, 0.6) is 0 Å². The monoisotopic (exact) mass is 405 g/mol. The minimum Gasteiger partial charge on any atom is -0.349 e. The largest absolute Gasteiger partial charge is 0.349 e. The zero-order chi connectivity index (χ0) is 20.1. The van der Waals surface area contributed by atoms with Crippen molar-refractivity contribution in [2.24, 2.45) is 0 Å². The number of halogens is 1. The SMILES string of the molecule is O=C(CCNS(=O)(=O)c1ccc(F)cc1)Nc1cccc(C(=O)NC2CC2)c1. The number of benzene rings is 2. The molecule has 0 aromatic heterocycles. The van der Waals surface area contributed by atoms with Gasteiger partial charge >= 0.3 is 0 Å². The van der Waals surface area contributed by atoms with Crippen LogP contribution in [0.25, 0.3) is 0 Å². The van der Waals surface area contributed by atoms with Gasteiger partial charge in [-0.25, -0.2) is 17.5 Å². The number of rotatable bonds is 8. The number of carbonyl (C=O) groups excluding carboxylic acids is 2. The Labute approximate surface area is 162 Å². The summed E-state index contributed by atoms with van der Waals surface area (Å²) >= 11 is 0. The third-order valence-electron chi connectivity index (χ3n) is 4.09. The summed E-state index contributed by atoms with van der Waals surface area (Å²) in [5.41, 5.74) is 0.900. The highest BCUT2D eigenvalue weighted by atomic mass is 32.2. The van der Waals surface area contributed by atoms with Gasteiger partial charge in [-0.15, -0.1) is 0 Å². The van der Waals surface area contributed by atoms with Crippen LogP contribution in [0.15, 0.2) is 53.4 Å². The van der Waals surface area contributed by atoms with Crippen LogP contribution in [-0.2, 0) is 14.8 Å². The molecule has 1 aliphatic carbocycles. The predicted octanol–water partition coefficient (Wildman–Crippen LogP) is 2.02. The van der Waals surface area contributed by atoms with E-state index in [9.17, 15) is 22.4 Å². The zero-order valence-electron chi connectivity index (χ0n) is 14.9. The number of hydrogen-bond donors (Lipinski definition) is 3. The van der Waals surface area contributed by atoms with E-state index in [1.807, 2.05) is 0 Å². The van der Waals surface area contributed by atoms with Gasteiger partial charge < -0.3 is 10.6 Å². The van der Waals surface area contributed by atoms with Gasteiger partial charge in [0.25, 0.3) is 5.91 Å². The molecular formula is C19H20FN3O4S. The standard InChI is InChI=1S/C19H20FN3O4S/c20-14-4-8-17(9-5-14)28(26,27)21-11-10-18(24)22-16-3-1-2-13(12-16)19(25)23-15-6-7-15/h1-5,8-9,12,15,21H,6-7,10-11H2,(H,22,24)(H,23,25). The lowest BCUT2D eigenvalue weighted by atomic mass is 10.2. The first-order valence-electron chi connectivity index (χ1n) is 8.79. The highest BCUT2D eigenvalue weighted by molar-refractivity contribution is 7.89. The number of amides is 2. The molecule has 0 spiro atoms. The van der Waals surface area contributed by atoms with Crippen LogP contribution in [0.1, 0.15) is 29.6 Å². The lowest BCUT2D eigenvalue weighted by molar-refractivity contribution is -0.116. The molecular weight excluding hydrogens is 385 g/mol. The molecule has 0 bridgehead atoms. The van der Waals surface area contributed by atoms with E-state index >= 15 is 0 Å². The molecule has 0 aliphatic heterocycles. The first-order valence-corrected chi connectivity index (χ1v) is 10.3.